The van der Waals surface area contributed by atoms with Gasteiger partial charge in [-0.3, -0.25) is 4.98 Å². The van der Waals surface area contributed by atoms with Crippen LogP contribution in [0.2, 0.25) is 0 Å². The minimum atomic E-state index is 0.370. The van der Waals surface area contributed by atoms with E-state index >= 15 is 0 Å². The third kappa shape index (κ3) is 3.76. The second kappa shape index (κ2) is 5.94. The number of thiazole rings is 1. The first kappa shape index (κ1) is 13.0. The van der Waals surface area contributed by atoms with E-state index < -0.39 is 0 Å². The van der Waals surface area contributed by atoms with Crippen LogP contribution in [0.15, 0.2) is 11.7 Å². The standard InChI is InChI=1S/C13H22N2OS/c1-11(2)15-9-13(3-5-16-6-4-13)7-12-8-14-10-17-12/h8,10-11,15H,3-7,9H2,1-2H3. The number of rotatable bonds is 5. The third-order valence-electron chi connectivity index (χ3n) is 3.47. The molecule has 96 valence electrons. The molecular weight excluding hydrogens is 232 g/mol. The lowest BCUT2D eigenvalue weighted by Crippen LogP contribution is -2.42. The third-order valence-corrected chi connectivity index (χ3v) is 4.25. The van der Waals surface area contributed by atoms with E-state index in [-0.39, 0.29) is 0 Å². The molecule has 1 aromatic heterocycles. The Bertz CT molecular complexity index is 318. The van der Waals surface area contributed by atoms with Gasteiger partial charge in [0.25, 0.3) is 0 Å². The van der Waals surface area contributed by atoms with Crippen molar-refractivity contribution < 1.29 is 4.74 Å². The topological polar surface area (TPSA) is 34.2 Å². The van der Waals surface area contributed by atoms with Gasteiger partial charge < -0.3 is 10.1 Å². The van der Waals surface area contributed by atoms with Crippen molar-refractivity contribution in [3.63, 3.8) is 0 Å². The summed E-state index contributed by atoms with van der Waals surface area (Å²) in [6, 6.07) is 0.552. The highest BCUT2D eigenvalue weighted by atomic mass is 32.1. The van der Waals surface area contributed by atoms with E-state index in [1.165, 1.54) is 4.88 Å². The molecule has 0 aliphatic carbocycles. The fraction of sp³-hybridized carbons (Fsp3) is 0.769. The molecule has 1 aliphatic heterocycles. The molecule has 1 N–H and O–H groups in total. The van der Waals surface area contributed by atoms with Gasteiger partial charge in [-0.05, 0) is 24.7 Å². The first-order chi connectivity index (χ1) is 8.20. The lowest BCUT2D eigenvalue weighted by atomic mass is 9.76. The summed E-state index contributed by atoms with van der Waals surface area (Å²) in [6.07, 6.45) is 5.47. The molecule has 17 heavy (non-hydrogen) atoms. The summed E-state index contributed by atoms with van der Waals surface area (Å²) in [5.74, 6) is 0. The van der Waals surface area contributed by atoms with Gasteiger partial charge in [-0.15, -0.1) is 11.3 Å². The Labute approximate surface area is 108 Å². The van der Waals surface area contributed by atoms with Gasteiger partial charge in [0.15, 0.2) is 0 Å². The van der Waals surface area contributed by atoms with Crippen molar-refractivity contribution in [1.29, 1.82) is 0 Å². The Morgan fingerprint density at radius 1 is 1.47 bits per heavy atom. The number of hydrogen-bond acceptors (Lipinski definition) is 4. The number of hydrogen-bond donors (Lipinski definition) is 1. The Morgan fingerprint density at radius 3 is 2.82 bits per heavy atom. The van der Waals surface area contributed by atoms with Crippen LogP contribution in [0.3, 0.4) is 0 Å². The van der Waals surface area contributed by atoms with Crippen LogP contribution >= 0.6 is 11.3 Å². The van der Waals surface area contributed by atoms with Crippen LogP contribution in [-0.4, -0.2) is 30.8 Å². The minimum absolute atomic E-state index is 0.370. The summed E-state index contributed by atoms with van der Waals surface area (Å²) in [6.45, 7) is 7.31. The van der Waals surface area contributed by atoms with Crippen molar-refractivity contribution >= 4 is 11.3 Å². The van der Waals surface area contributed by atoms with E-state index in [1.807, 2.05) is 11.7 Å². The lowest BCUT2D eigenvalue weighted by molar-refractivity contribution is 0.0144. The van der Waals surface area contributed by atoms with Gasteiger partial charge in [-0.2, -0.15) is 0 Å². The van der Waals surface area contributed by atoms with E-state index in [9.17, 15) is 0 Å². The molecule has 2 rings (SSSR count). The van der Waals surface area contributed by atoms with Gasteiger partial charge in [0, 0.05) is 36.9 Å². The lowest BCUT2D eigenvalue weighted by Gasteiger charge is -2.37. The molecule has 1 aliphatic rings. The zero-order valence-electron chi connectivity index (χ0n) is 10.7. The van der Waals surface area contributed by atoms with Crippen LogP contribution in [-0.2, 0) is 11.2 Å². The minimum Gasteiger partial charge on any atom is -0.381 e. The normalized spacial score (nSPS) is 19.7. The Hall–Kier alpha value is -0.450. The molecule has 0 spiro atoms. The van der Waals surface area contributed by atoms with Crippen LogP contribution in [0, 0.1) is 5.41 Å². The van der Waals surface area contributed by atoms with Crippen LogP contribution in [0.1, 0.15) is 31.6 Å². The van der Waals surface area contributed by atoms with Crippen LogP contribution in [0.5, 0.6) is 0 Å². The first-order valence-electron chi connectivity index (χ1n) is 6.39. The van der Waals surface area contributed by atoms with Gasteiger partial charge in [0.1, 0.15) is 0 Å². The average Bonchev–Trinajstić information content (AvgIpc) is 2.80. The molecule has 1 aromatic rings. The molecule has 0 radical (unpaired) electrons. The highest BCUT2D eigenvalue weighted by Crippen LogP contribution is 2.34. The summed E-state index contributed by atoms with van der Waals surface area (Å²) in [5.41, 5.74) is 2.30. The number of nitrogens with zero attached hydrogens (tertiary/aromatic N) is 1. The second-order valence-corrected chi connectivity index (χ2v) is 6.26. The second-order valence-electron chi connectivity index (χ2n) is 5.29. The highest BCUT2D eigenvalue weighted by Gasteiger charge is 2.33. The van der Waals surface area contributed by atoms with Crippen LogP contribution in [0.25, 0.3) is 0 Å². The molecular formula is C13H22N2OS. The van der Waals surface area contributed by atoms with Crippen molar-refractivity contribution in [3.8, 4) is 0 Å². The maximum atomic E-state index is 5.51. The Kier molecular flexibility index (Phi) is 4.54. The Balaban J connectivity index is 2.00. The van der Waals surface area contributed by atoms with Gasteiger partial charge >= 0.3 is 0 Å². The maximum absolute atomic E-state index is 5.51. The van der Waals surface area contributed by atoms with Crippen LogP contribution < -0.4 is 5.32 Å². The van der Waals surface area contributed by atoms with E-state index in [1.54, 1.807) is 11.3 Å². The molecule has 4 heteroatoms. The van der Waals surface area contributed by atoms with Crippen molar-refractivity contribution in [2.75, 3.05) is 19.8 Å². The molecule has 0 unspecified atom stereocenters. The summed E-state index contributed by atoms with van der Waals surface area (Å²) >= 11 is 1.77. The molecule has 0 aromatic carbocycles. The van der Waals surface area contributed by atoms with Gasteiger partial charge in [-0.25, -0.2) is 0 Å². The molecule has 0 bridgehead atoms. The zero-order chi connectivity index (χ0) is 12.1. The van der Waals surface area contributed by atoms with Gasteiger partial charge in [-0.1, -0.05) is 13.8 Å². The van der Waals surface area contributed by atoms with Crippen molar-refractivity contribution in [1.82, 2.24) is 10.3 Å². The molecule has 0 amide bonds. The fourth-order valence-corrected chi connectivity index (χ4v) is 3.11. The monoisotopic (exact) mass is 254 g/mol. The smallest absolute Gasteiger partial charge is 0.0794 e. The SMILES string of the molecule is CC(C)NCC1(Cc2cncs2)CCOCC1. The van der Waals surface area contributed by atoms with Crippen LogP contribution in [0.4, 0.5) is 0 Å². The van der Waals surface area contributed by atoms with Crippen molar-refractivity contribution in [2.24, 2.45) is 5.41 Å². The number of nitrogens with one attached hydrogen (secondary N) is 1. The van der Waals surface area contributed by atoms with E-state index in [0.29, 0.717) is 11.5 Å². The molecule has 2 heterocycles. The largest absolute Gasteiger partial charge is 0.381 e. The van der Waals surface area contributed by atoms with E-state index in [2.05, 4.69) is 24.1 Å². The first-order valence-corrected chi connectivity index (χ1v) is 7.27. The quantitative estimate of drug-likeness (QED) is 0.876. The number of aromatic nitrogens is 1. The molecule has 3 nitrogen and oxygen atoms in total. The average molecular weight is 254 g/mol. The van der Waals surface area contributed by atoms with Gasteiger partial charge in [0.2, 0.25) is 0 Å². The van der Waals surface area contributed by atoms with Crippen molar-refractivity contribution in [2.45, 2.75) is 39.2 Å². The fourth-order valence-electron chi connectivity index (χ4n) is 2.34. The number of ether oxygens (including phenoxy) is 1. The van der Waals surface area contributed by atoms with Gasteiger partial charge in [0.05, 0.1) is 5.51 Å². The Morgan fingerprint density at radius 2 is 2.24 bits per heavy atom. The summed E-state index contributed by atoms with van der Waals surface area (Å²) < 4.78 is 5.51. The summed E-state index contributed by atoms with van der Waals surface area (Å²) in [4.78, 5) is 5.58. The molecule has 0 saturated carbocycles. The molecule has 1 saturated heterocycles. The predicted molar refractivity (Wildman–Crippen MR) is 71.4 cm³/mol. The zero-order valence-corrected chi connectivity index (χ0v) is 11.6. The molecule has 0 atom stereocenters. The maximum Gasteiger partial charge on any atom is 0.0794 e. The molecule has 1 fully saturated rings. The summed E-state index contributed by atoms with van der Waals surface area (Å²) in [7, 11) is 0. The van der Waals surface area contributed by atoms with Crippen molar-refractivity contribution in [3.05, 3.63) is 16.6 Å². The van der Waals surface area contributed by atoms with E-state index in [0.717, 1.165) is 39.0 Å². The highest BCUT2D eigenvalue weighted by molar-refractivity contribution is 7.09. The predicted octanol–water partition coefficient (Wildman–Crippen LogP) is 2.48. The summed E-state index contributed by atoms with van der Waals surface area (Å²) in [5, 5.41) is 3.60. The van der Waals surface area contributed by atoms with E-state index in [4.69, 9.17) is 4.74 Å².